The Morgan fingerprint density at radius 1 is 1.26 bits per heavy atom. The molecule has 3 N–H and O–H groups in total. The number of nitrogens with zero attached hydrogens (tertiary/aromatic N) is 2. The first-order valence-corrected chi connectivity index (χ1v) is 7.54. The summed E-state index contributed by atoms with van der Waals surface area (Å²) in [4.78, 5) is 3.99. The minimum Gasteiger partial charge on any atom is -0.312 e. The molecule has 6 nitrogen and oxygen atoms in total. The summed E-state index contributed by atoms with van der Waals surface area (Å²) in [5, 5.41) is 7.95. The van der Waals surface area contributed by atoms with E-state index in [0.29, 0.717) is 13.1 Å². The van der Waals surface area contributed by atoms with E-state index in [1.807, 2.05) is 35.0 Å². The number of hydrogen-bond acceptors (Lipinski definition) is 4. The topological polar surface area (TPSA) is 90.0 Å². The van der Waals surface area contributed by atoms with Crippen molar-refractivity contribution in [3.05, 3.63) is 48.5 Å². The van der Waals surface area contributed by atoms with E-state index < -0.39 is 10.0 Å². The van der Waals surface area contributed by atoms with Crippen LogP contribution in [-0.4, -0.2) is 30.3 Å². The highest BCUT2D eigenvalue weighted by atomic mass is 32.2. The monoisotopic (exact) mass is 280 g/mol. The van der Waals surface area contributed by atoms with Crippen LogP contribution in [0.1, 0.15) is 5.56 Å². The number of nitrogens with one attached hydrogen (secondary N) is 1. The van der Waals surface area contributed by atoms with Crippen LogP contribution in [0.4, 0.5) is 0 Å². The molecule has 2 aromatic rings. The quantitative estimate of drug-likeness (QED) is 0.742. The molecule has 0 spiro atoms. The highest BCUT2D eigenvalue weighted by molar-refractivity contribution is 7.89. The molecule has 0 bridgehead atoms. The van der Waals surface area contributed by atoms with Crippen LogP contribution in [-0.2, 0) is 16.6 Å². The zero-order valence-electron chi connectivity index (χ0n) is 10.4. The summed E-state index contributed by atoms with van der Waals surface area (Å²) in [7, 11) is -3.39. The Labute approximate surface area is 112 Å². The molecule has 1 aromatic heterocycles. The average Bonchev–Trinajstić information content (AvgIpc) is 2.88. The molecule has 0 fully saturated rings. The second-order valence-electron chi connectivity index (χ2n) is 4.18. The number of nitrogens with two attached hydrogens (primary N) is 1. The SMILES string of the molecule is NS(=O)(=O)CCNCc1ccc(-n2ccnc2)cc1. The Kier molecular flexibility index (Phi) is 4.31. The van der Waals surface area contributed by atoms with Gasteiger partial charge in [0.1, 0.15) is 0 Å². The first kappa shape index (κ1) is 13.7. The summed E-state index contributed by atoms with van der Waals surface area (Å²) in [6.45, 7) is 0.960. The third-order valence-electron chi connectivity index (χ3n) is 2.63. The van der Waals surface area contributed by atoms with Crippen LogP contribution in [0.3, 0.4) is 0 Å². The van der Waals surface area contributed by atoms with E-state index >= 15 is 0 Å². The van der Waals surface area contributed by atoms with E-state index in [1.165, 1.54) is 0 Å². The molecule has 19 heavy (non-hydrogen) atoms. The number of primary sulfonamides is 1. The van der Waals surface area contributed by atoms with Gasteiger partial charge in [-0.1, -0.05) is 12.1 Å². The molecule has 0 saturated carbocycles. The van der Waals surface area contributed by atoms with Gasteiger partial charge in [-0.2, -0.15) is 0 Å². The smallest absolute Gasteiger partial charge is 0.210 e. The molecule has 0 aliphatic heterocycles. The molecule has 1 aromatic carbocycles. The van der Waals surface area contributed by atoms with Gasteiger partial charge in [0.2, 0.25) is 10.0 Å². The fourth-order valence-corrected chi connectivity index (χ4v) is 2.07. The van der Waals surface area contributed by atoms with Crippen LogP contribution in [0, 0.1) is 0 Å². The zero-order valence-corrected chi connectivity index (χ0v) is 11.2. The number of sulfonamides is 1. The Balaban J connectivity index is 1.86. The molecule has 2 rings (SSSR count). The summed E-state index contributed by atoms with van der Waals surface area (Å²) in [6, 6.07) is 7.94. The molecule has 1 heterocycles. The minimum atomic E-state index is -3.39. The normalized spacial score (nSPS) is 11.6. The molecule has 0 radical (unpaired) electrons. The summed E-state index contributed by atoms with van der Waals surface area (Å²) in [6.07, 6.45) is 5.33. The molecule has 0 saturated heterocycles. The van der Waals surface area contributed by atoms with Gasteiger partial charge < -0.3 is 9.88 Å². The van der Waals surface area contributed by atoms with E-state index in [0.717, 1.165) is 11.3 Å². The standard InChI is InChI=1S/C12H16N4O2S/c13-19(17,18)8-6-14-9-11-1-3-12(4-2-11)16-7-5-15-10-16/h1-5,7,10,14H,6,8-9H2,(H2,13,17,18). The van der Waals surface area contributed by atoms with Gasteiger partial charge in [-0.3, -0.25) is 0 Å². The number of benzene rings is 1. The van der Waals surface area contributed by atoms with Crippen LogP contribution in [0.25, 0.3) is 5.69 Å². The van der Waals surface area contributed by atoms with Crippen molar-refractivity contribution in [2.24, 2.45) is 5.14 Å². The maximum atomic E-state index is 10.7. The average molecular weight is 280 g/mol. The van der Waals surface area contributed by atoms with Gasteiger partial charge in [-0.15, -0.1) is 0 Å². The van der Waals surface area contributed by atoms with Crippen molar-refractivity contribution >= 4 is 10.0 Å². The van der Waals surface area contributed by atoms with Crippen LogP contribution < -0.4 is 10.5 Å². The molecule has 102 valence electrons. The maximum absolute atomic E-state index is 10.7. The Morgan fingerprint density at radius 3 is 2.58 bits per heavy atom. The predicted octanol–water partition coefficient (Wildman–Crippen LogP) is 0.250. The van der Waals surface area contributed by atoms with Crippen molar-refractivity contribution in [3.8, 4) is 5.69 Å². The number of hydrogen-bond donors (Lipinski definition) is 2. The number of rotatable bonds is 6. The van der Waals surface area contributed by atoms with Gasteiger partial charge in [-0.05, 0) is 17.7 Å². The van der Waals surface area contributed by atoms with Gasteiger partial charge in [-0.25, -0.2) is 18.5 Å². The predicted molar refractivity (Wildman–Crippen MR) is 73.2 cm³/mol. The summed E-state index contributed by atoms with van der Waals surface area (Å²) in [5.74, 6) is -0.0554. The van der Waals surface area contributed by atoms with Gasteiger partial charge >= 0.3 is 0 Å². The van der Waals surface area contributed by atoms with Gasteiger partial charge in [0.15, 0.2) is 0 Å². The van der Waals surface area contributed by atoms with Gasteiger partial charge in [0.05, 0.1) is 12.1 Å². The second-order valence-corrected chi connectivity index (χ2v) is 5.91. The van der Waals surface area contributed by atoms with Crippen LogP contribution >= 0.6 is 0 Å². The number of imidazole rings is 1. The van der Waals surface area contributed by atoms with Crippen LogP contribution in [0.15, 0.2) is 43.0 Å². The van der Waals surface area contributed by atoms with Crippen molar-refractivity contribution < 1.29 is 8.42 Å². The maximum Gasteiger partial charge on any atom is 0.210 e. The molecule has 0 atom stereocenters. The lowest BCUT2D eigenvalue weighted by Gasteiger charge is -2.06. The third kappa shape index (κ3) is 4.47. The van der Waals surface area contributed by atoms with E-state index in [-0.39, 0.29) is 5.75 Å². The molecule has 7 heteroatoms. The molecule has 0 aliphatic carbocycles. The van der Waals surface area contributed by atoms with E-state index in [9.17, 15) is 8.42 Å². The highest BCUT2D eigenvalue weighted by Gasteiger charge is 2.01. The summed E-state index contributed by atoms with van der Waals surface area (Å²) >= 11 is 0. The first-order chi connectivity index (χ1) is 9.04. The number of aromatic nitrogens is 2. The molecule has 0 aliphatic rings. The Bertz CT molecular complexity index is 606. The van der Waals surface area contributed by atoms with Crippen molar-refractivity contribution in [2.75, 3.05) is 12.3 Å². The Hall–Kier alpha value is -1.70. The lowest BCUT2D eigenvalue weighted by atomic mass is 10.2. The largest absolute Gasteiger partial charge is 0.312 e. The van der Waals surface area contributed by atoms with Crippen molar-refractivity contribution in [1.82, 2.24) is 14.9 Å². The zero-order chi connectivity index (χ0) is 13.7. The highest BCUT2D eigenvalue weighted by Crippen LogP contribution is 2.08. The first-order valence-electron chi connectivity index (χ1n) is 5.83. The fraction of sp³-hybridized carbons (Fsp3) is 0.250. The minimum absolute atomic E-state index is 0.0554. The Morgan fingerprint density at radius 2 is 2.00 bits per heavy atom. The lowest BCUT2D eigenvalue weighted by molar-refractivity contribution is 0.592. The van der Waals surface area contributed by atoms with Gasteiger partial charge in [0, 0.05) is 31.2 Å². The molecule has 0 amide bonds. The molecular weight excluding hydrogens is 264 g/mol. The van der Waals surface area contributed by atoms with E-state index in [4.69, 9.17) is 5.14 Å². The summed E-state index contributed by atoms with van der Waals surface area (Å²) < 4.78 is 23.4. The van der Waals surface area contributed by atoms with Crippen LogP contribution in [0.2, 0.25) is 0 Å². The van der Waals surface area contributed by atoms with E-state index in [1.54, 1.807) is 12.5 Å². The van der Waals surface area contributed by atoms with Crippen molar-refractivity contribution in [3.63, 3.8) is 0 Å². The fourth-order valence-electron chi connectivity index (χ4n) is 1.64. The van der Waals surface area contributed by atoms with Crippen molar-refractivity contribution in [2.45, 2.75) is 6.54 Å². The molecule has 0 unspecified atom stereocenters. The molecular formula is C12H16N4O2S. The van der Waals surface area contributed by atoms with Crippen molar-refractivity contribution in [1.29, 1.82) is 0 Å². The van der Waals surface area contributed by atoms with E-state index in [2.05, 4.69) is 10.3 Å². The summed E-state index contributed by atoms with van der Waals surface area (Å²) in [5.41, 5.74) is 2.11. The van der Waals surface area contributed by atoms with Gasteiger partial charge in [0.25, 0.3) is 0 Å². The second kappa shape index (κ2) is 5.96. The van der Waals surface area contributed by atoms with Crippen LogP contribution in [0.5, 0.6) is 0 Å². The third-order valence-corrected chi connectivity index (χ3v) is 3.40. The lowest BCUT2D eigenvalue weighted by Crippen LogP contribution is -2.26.